The third kappa shape index (κ3) is 3.51. The standard InChI is InChI=1S/C25H20N4OS/c1-16-10-9-15-20-27-21(18-11-5-3-6-12-18)23(29(16)20)28-24(30)22-17(2)26-25(31-22)19-13-7-4-8-14-19/h3-15H,1-2H3,(H,28,30). The quantitative estimate of drug-likeness (QED) is 0.385. The molecule has 0 bridgehead atoms. The first-order valence-electron chi connectivity index (χ1n) is 9.99. The van der Waals surface area contributed by atoms with Crippen molar-refractivity contribution in [2.75, 3.05) is 5.32 Å². The van der Waals surface area contributed by atoms with Gasteiger partial charge in [-0.3, -0.25) is 9.20 Å². The lowest BCUT2D eigenvalue weighted by Crippen LogP contribution is -2.14. The number of hydrogen-bond donors (Lipinski definition) is 1. The smallest absolute Gasteiger partial charge is 0.268 e. The summed E-state index contributed by atoms with van der Waals surface area (Å²) >= 11 is 1.40. The van der Waals surface area contributed by atoms with Gasteiger partial charge in [0.25, 0.3) is 5.91 Å². The van der Waals surface area contributed by atoms with Gasteiger partial charge in [-0.15, -0.1) is 11.3 Å². The number of amides is 1. The van der Waals surface area contributed by atoms with E-state index in [2.05, 4.69) is 10.3 Å². The Morgan fingerprint density at radius 1 is 0.839 bits per heavy atom. The first-order chi connectivity index (χ1) is 15.1. The number of anilines is 1. The third-order valence-electron chi connectivity index (χ3n) is 5.14. The summed E-state index contributed by atoms with van der Waals surface area (Å²) in [4.78, 5) is 23.4. The zero-order valence-electron chi connectivity index (χ0n) is 17.2. The topological polar surface area (TPSA) is 59.3 Å². The number of aryl methyl sites for hydroxylation is 2. The number of imidazole rings is 1. The van der Waals surface area contributed by atoms with Crippen molar-refractivity contribution in [1.82, 2.24) is 14.4 Å². The van der Waals surface area contributed by atoms with Crippen LogP contribution in [0.5, 0.6) is 0 Å². The van der Waals surface area contributed by atoms with E-state index in [0.717, 1.165) is 33.2 Å². The lowest BCUT2D eigenvalue weighted by molar-refractivity contribution is 0.102. The number of fused-ring (bicyclic) bond motifs is 1. The molecule has 0 saturated heterocycles. The summed E-state index contributed by atoms with van der Waals surface area (Å²) in [6, 6.07) is 25.7. The minimum atomic E-state index is -0.181. The molecule has 3 aromatic heterocycles. The average molecular weight is 425 g/mol. The molecule has 1 N–H and O–H groups in total. The third-order valence-corrected chi connectivity index (χ3v) is 6.35. The second-order valence-electron chi connectivity index (χ2n) is 7.29. The van der Waals surface area contributed by atoms with Crippen LogP contribution >= 0.6 is 11.3 Å². The second kappa shape index (κ2) is 7.81. The van der Waals surface area contributed by atoms with Crippen LogP contribution in [-0.4, -0.2) is 20.3 Å². The zero-order chi connectivity index (χ0) is 21.4. The fraction of sp³-hybridized carbons (Fsp3) is 0.0800. The molecule has 0 unspecified atom stereocenters. The molecule has 5 rings (SSSR count). The van der Waals surface area contributed by atoms with Crippen molar-refractivity contribution in [3.8, 4) is 21.8 Å². The Hall–Kier alpha value is -3.77. The van der Waals surface area contributed by atoms with E-state index in [1.807, 2.05) is 97.1 Å². The van der Waals surface area contributed by atoms with E-state index < -0.39 is 0 Å². The van der Waals surface area contributed by atoms with Gasteiger partial charge in [-0.25, -0.2) is 9.97 Å². The fourth-order valence-corrected chi connectivity index (χ4v) is 4.61. The number of carbonyl (C=O) groups excluding carboxylic acids is 1. The highest BCUT2D eigenvalue weighted by atomic mass is 32.1. The van der Waals surface area contributed by atoms with Gasteiger partial charge in [0.05, 0.1) is 5.69 Å². The Labute approximate surface area is 184 Å². The Morgan fingerprint density at radius 3 is 2.23 bits per heavy atom. The van der Waals surface area contributed by atoms with Crippen molar-refractivity contribution in [2.24, 2.45) is 0 Å². The molecule has 5 nitrogen and oxygen atoms in total. The molecule has 0 atom stereocenters. The van der Waals surface area contributed by atoms with Crippen LogP contribution in [0.2, 0.25) is 0 Å². The van der Waals surface area contributed by atoms with Crippen molar-refractivity contribution in [3.05, 3.63) is 95.1 Å². The Bertz CT molecular complexity index is 1390. The number of aromatic nitrogens is 3. The summed E-state index contributed by atoms with van der Waals surface area (Å²) in [5.41, 5.74) is 5.20. The maximum atomic E-state index is 13.3. The Kier molecular flexibility index (Phi) is 4.84. The minimum absolute atomic E-state index is 0.181. The van der Waals surface area contributed by atoms with Crippen LogP contribution < -0.4 is 5.32 Å². The molecule has 1 amide bonds. The summed E-state index contributed by atoms with van der Waals surface area (Å²) in [5, 5.41) is 3.96. The molecule has 6 heteroatoms. The van der Waals surface area contributed by atoms with E-state index >= 15 is 0 Å². The first-order valence-corrected chi connectivity index (χ1v) is 10.8. The van der Waals surface area contributed by atoms with Crippen molar-refractivity contribution in [2.45, 2.75) is 13.8 Å². The molecule has 152 valence electrons. The maximum Gasteiger partial charge on any atom is 0.268 e. The van der Waals surface area contributed by atoms with E-state index in [1.54, 1.807) is 0 Å². The van der Waals surface area contributed by atoms with E-state index in [9.17, 15) is 4.79 Å². The number of hydrogen-bond acceptors (Lipinski definition) is 4. The number of carbonyl (C=O) groups is 1. The summed E-state index contributed by atoms with van der Waals surface area (Å²) in [6.07, 6.45) is 0. The van der Waals surface area contributed by atoms with Crippen LogP contribution in [0.25, 0.3) is 27.5 Å². The van der Waals surface area contributed by atoms with Crippen LogP contribution in [0.4, 0.5) is 5.82 Å². The highest BCUT2D eigenvalue weighted by molar-refractivity contribution is 7.17. The first kappa shape index (κ1) is 19.2. The van der Waals surface area contributed by atoms with Crippen LogP contribution in [0.1, 0.15) is 21.1 Å². The lowest BCUT2D eigenvalue weighted by Gasteiger charge is -2.09. The van der Waals surface area contributed by atoms with Gasteiger partial charge in [0.2, 0.25) is 0 Å². The predicted molar refractivity (Wildman–Crippen MR) is 126 cm³/mol. The number of benzene rings is 2. The monoisotopic (exact) mass is 424 g/mol. The van der Waals surface area contributed by atoms with Gasteiger partial charge in [0.15, 0.2) is 0 Å². The largest absolute Gasteiger partial charge is 0.305 e. The van der Waals surface area contributed by atoms with Gasteiger partial charge in [-0.05, 0) is 26.0 Å². The fourth-order valence-electron chi connectivity index (χ4n) is 3.64. The molecule has 5 aromatic rings. The predicted octanol–water partition coefficient (Wildman–Crippen LogP) is 5.99. The maximum absolute atomic E-state index is 13.3. The van der Waals surface area contributed by atoms with Gasteiger partial charge >= 0.3 is 0 Å². The van der Waals surface area contributed by atoms with Crippen LogP contribution in [0.15, 0.2) is 78.9 Å². The summed E-state index contributed by atoms with van der Waals surface area (Å²) in [6.45, 7) is 3.88. The van der Waals surface area contributed by atoms with Gasteiger partial charge < -0.3 is 5.32 Å². The van der Waals surface area contributed by atoms with Gasteiger partial charge in [-0.1, -0.05) is 66.7 Å². The molecule has 0 radical (unpaired) electrons. The molecule has 0 aliphatic heterocycles. The number of thiazole rings is 1. The minimum Gasteiger partial charge on any atom is -0.305 e. The lowest BCUT2D eigenvalue weighted by atomic mass is 10.1. The molecular weight excluding hydrogens is 404 g/mol. The molecule has 0 aliphatic carbocycles. The van der Waals surface area contributed by atoms with E-state index in [1.165, 1.54) is 11.3 Å². The number of nitrogens with zero attached hydrogens (tertiary/aromatic N) is 3. The van der Waals surface area contributed by atoms with Crippen LogP contribution in [-0.2, 0) is 0 Å². The van der Waals surface area contributed by atoms with Crippen LogP contribution in [0.3, 0.4) is 0 Å². The normalized spacial score (nSPS) is 11.0. The Balaban J connectivity index is 1.58. The molecule has 0 spiro atoms. The summed E-state index contributed by atoms with van der Waals surface area (Å²) < 4.78 is 1.98. The molecule has 2 aromatic carbocycles. The number of rotatable bonds is 4. The van der Waals surface area contributed by atoms with Crippen molar-refractivity contribution in [1.29, 1.82) is 0 Å². The summed E-state index contributed by atoms with van der Waals surface area (Å²) in [5.74, 6) is 0.484. The van der Waals surface area contributed by atoms with E-state index in [0.29, 0.717) is 16.4 Å². The second-order valence-corrected chi connectivity index (χ2v) is 8.29. The molecule has 31 heavy (non-hydrogen) atoms. The average Bonchev–Trinajstić information content (AvgIpc) is 3.37. The molecule has 0 saturated carbocycles. The Morgan fingerprint density at radius 2 is 1.52 bits per heavy atom. The van der Waals surface area contributed by atoms with Gasteiger partial charge in [0, 0.05) is 16.8 Å². The van der Waals surface area contributed by atoms with E-state index in [-0.39, 0.29) is 5.91 Å². The van der Waals surface area contributed by atoms with Gasteiger partial charge in [-0.2, -0.15) is 0 Å². The molecule has 0 aliphatic rings. The zero-order valence-corrected chi connectivity index (χ0v) is 18.0. The van der Waals surface area contributed by atoms with Crippen molar-refractivity contribution >= 4 is 28.7 Å². The van der Waals surface area contributed by atoms with Crippen molar-refractivity contribution < 1.29 is 4.79 Å². The number of pyridine rings is 1. The number of nitrogens with one attached hydrogen (secondary N) is 1. The SMILES string of the molecule is Cc1nc(-c2ccccc2)sc1C(=O)Nc1c(-c2ccccc2)nc2cccc(C)n12. The molecular formula is C25H20N4OS. The summed E-state index contributed by atoms with van der Waals surface area (Å²) in [7, 11) is 0. The van der Waals surface area contributed by atoms with Gasteiger partial charge in [0.1, 0.15) is 27.0 Å². The highest BCUT2D eigenvalue weighted by Gasteiger charge is 2.21. The van der Waals surface area contributed by atoms with Crippen molar-refractivity contribution in [3.63, 3.8) is 0 Å². The highest BCUT2D eigenvalue weighted by Crippen LogP contribution is 2.32. The van der Waals surface area contributed by atoms with Crippen LogP contribution in [0, 0.1) is 13.8 Å². The van der Waals surface area contributed by atoms with E-state index in [4.69, 9.17) is 4.98 Å². The molecule has 3 heterocycles. The molecule has 0 fully saturated rings.